The molecule has 1 heterocycles. The SMILES string of the molecule is CC/C=C/C1(C2(NN(C)C)CCC(CCCCC)CC2C(=O)N(CC)CC)OCC(C)(C)CO1. The Morgan fingerprint density at radius 2 is 1.71 bits per heavy atom. The van der Waals surface area contributed by atoms with Gasteiger partial charge in [0.25, 0.3) is 0 Å². The molecule has 0 spiro atoms. The van der Waals surface area contributed by atoms with E-state index >= 15 is 0 Å². The molecule has 1 aliphatic carbocycles. The minimum atomic E-state index is -0.981. The number of rotatable bonds is 12. The van der Waals surface area contributed by atoms with E-state index in [2.05, 4.69) is 59.1 Å². The summed E-state index contributed by atoms with van der Waals surface area (Å²) in [5, 5.41) is 1.99. The number of ether oxygens (including phenoxy) is 2. The molecular formula is C28H53N3O3. The van der Waals surface area contributed by atoms with Gasteiger partial charge in [0.05, 0.1) is 19.1 Å². The van der Waals surface area contributed by atoms with Gasteiger partial charge in [-0.3, -0.25) is 4.79 Å². The fourth-order valence-corrected chi connectivity index (χ4v) is 5.76. The highest BCUT2D eigenvalue weighted by atomic mass is 16.7. The molecule has 198 valence electrons. The summed E-state index contributed by atoms with van der Waals surface area (Å²) in [6, 6.07) is 0. The average molecular weight is 480 g/mol. The smallest absolute Gasteiger partial charge is 0.227 e. The maximum absolute atomic E-state index is 14.2. The Balaban J connectivity index is 2.58. The molecule has 2 rings (SSSR count). The number of carbonyl (C=O) groups is 1. The molecule has 6 nitrogen and oxygen atoms in total. The Bertz CT molecular complexity index is 649. The Morgan fingerprint density at radius 3 is 2.24 bits per heavy atom. The van der Waals surface area contributed by atoms with Crippen LogP contribution in [0, 0.1) is 17.3 Å². The van der Waals surface area contributed by atoms with Crippen LogP contribution < -0.4 is 5.43 Å². The van der Waals surface area contributed by atoms with Crippen LogP contribution in [0.5, 0.6) is 0 Å². The normalized spacial score (nSPS) is 29.0. The summed E-state index contributed by atoms with van der Waals surface area (Å²) in [4.78, 5) is 16.1. The summed E-state index contributed by atoms with van der Waals surface area (Å²) in [5.74, 6) is -0.427. The molecule has 1 aliphatic heterocycles. The van der Waals surface area contributed by atoms with Gasteiger partial charge in [0.1, 0.15) is 5.54 Å². The lowest BCUT2D eigenvalue weighted by atomic mass is 9.63. The largest absolute Gasteiger partial charge is 0.344 e. The molecule has 0 bridgehead atoms. The van der Waals surface area contributed by atoms with Crippen molar-refractivity contribution in [1.82, 2.24) is 15.3 Å². The molecular weight excluding hydrogens is 426 g/mol. The second-order valence-corrected chi connectivity index (χ2v) is 11.4. The van der Waals surface area contributed by atoms with Crippen LogP contribution in [0.15, 0.2) is 12.2 Å². The van der Waals surface area contributed by atoms with E-state index in [1.165, 1.54) is 25.7 Å². The molecule has 0 aromatic heterocycles. The summed E-state index contributed by atoms with van der Waals surface area (Å²) < 4.78 is 13.4. The van der Waals surface area contributed by atoms with E-state index in [4.69, 9.17) is 9.47 Å². The fraction of sp³-hybridized carbons (Fsp3) is 0.893. The van der Waals surface area contributed by atoms with Crippen molar-refractivity contribution in [3.8, 4) is 0 Å². The average Bonchev–Trinajstić information content (AvgIpc) is 2.80. The molecule has 1 N–H and O–H groups in total. The Kier molecular flexibility index (Phi) is 11.1. The summed E-state index contributed by atoms with van der Waals surface area (Å²) in [6.07, 6.45) is 12.9. The zero-order chi connectivity index (χ0) is 25.4. The third-order valence-corrected chi connectivity index (χ3v) is 7.67. The van der Waals surface area contributed by atoms with Crippen molar-refractivity contribution < 1.29 is 14.3 Å². The van der Waals surface area contributed by atoms with Crippen LogP contribution in [0.4, 0.5) is 0 Å². The van der Waals surface area contributed by atoms with Crippen molar-refractivity contribution in [3.05, 3.63) is 12.2 Å². The van der Waals surface area contributed by atoms with Crippen LogP contribution in [0.2, 0.25) is 0 Å². The number of carbonyl (C=O) groups excluding carboxylic acids is 1. The van der Waals surface area contributed by atoms with E-state index in [-0.39, 0.29) is 17.2 Å². The number of nitrogens with one attached hydrogen (secondary N) is 1. The first-order chi connectivity index (χ1) is 16.1. The Labute approximate surface area is 209 Å². The number of unbranched alkanes of at least 4 members (excludes halogenated alkanes) is 2. The summed E-state index contributed by atoms with van der Waals surface area (Å²) >= 11 is 0. The van der Waals surface area contributed by atoms with Crippen molar-refractivity contribution in [2.24, 2.45) is 17.3 Å². The molecule has 3 atom stereocenters. The van der Waals surface area contributed by atoms with E-state index in [0.717, 1.165) is 38.8 Å². The number of hydrogen-bond donors (Lipinski definition) is 1. The van der Waals surface area contributed by atoms with Crippen molar-refractivity contribution in [2.75, 3.05) is 40.4 Å². The van der Waals surface area contributed by atoms with E-state index in [9.17, 15) is 4.79 Å². The molecule has 0 aromatic carbocycles. The molecule has 2 fully saturated rings. The third kappa shape index (κ3) is 6.63. The number of allylic oxidation sites excluding steroid dienone is 1. The second kappa shape index (κ2) is 12.8. The zero-order valence-corrected chi connectivity index (χ0v) is 23.4. The molecule has 0 radical (unpaired) electrons. The highest BCUT2D eigenvalue weighted by molar-refractivity contribution is 5.81. The van der Waals surface area contributed by atoms with Crippen molar-refractivity contribution in [2.45, 2.75) is 104 Å². The lowest BCUT2D eigenvalue weighted by Gasteiger charge is -2.58. The summed E-state index contributed by atoms with van der Waals surface area (Å²) in [6.45, 7) is 15.5. The molecule has 3 unspecified atom stereocenters. The fourth-order valence-electron chi connectivity index (χ4n) is 5.76. The molecule has 0 aromatic rings. The quantitative estimate of drug-likeness (QED) is 0.231. The second-order valence-electron chi connectivity index (χ2n) is 11.4. The first kappa shape index (κ1) is 29.3. The number of hydrogen-bond acceptors (Lipinski definition) is 5. The van der Waals surface area contributed by atoms with Gasteiger partial charge < -0.3 is 14.4 Å². The van der Waals surface area contributed by atoms with Crippen molar-refractivity contribution in [1.29, 1.82) is 0 Å². The van der Waals surface area contributed by atoms with Gasteiger partial charge in [-0.05, 0) is 51.5 Å². The van der Waals surface area contributed by atoms with Gasteiger partial charge in [0.15, 0.2) is 0 Å². The van der Waals surface area contributed by atoms with Crippen molar-refractivity contribution in [3.63, 3.8) is 0 Å². The van der Waals surface area contributed by atoms with Crippen LogP contribution in [0.3, 0.4) is 0 Å². The molecule has 6 heteroatoms. The van der Waals surface area contributed by atoms with Gasteiger partial charge in [-0.2, -0.15) is 0 Å². The third-order valence-electron chi connectivity index (χ3n) is 7.67. The van der Waals surface area contributed by atoms with Crippen LogP contribution >= 0.6 is 0 Å². The lowest BCUT2D eigenvalue weighted by Crippen LogP contribution is -2.75. The van der Waals surface area contributed by atoms with Crippen LogP contribution in [0.1, 0.15) is 92.9 Å². The summed E-state index contributed by atoms with van der Waals surface area (Å²) in [7, 11) is 4.02. The van der Waals surface area contributed by atoms with Crippen molar-refractivity contribution >= 4 is 5.91 Å². The maximum Gasteiger partial charge on any atom is 0.227 e. The van der Waals surface area contributed by atoms with E-state index < -0.39 is 11.3 Å². The van der Waals surface area contributed by atoms with E-state index in [0.29, 0.717) is 19.1 Å². The summed E-state index contributed by atoms with van der Waals surface area (Å²) in [5.41, 5.74) is 3.02. The van der Waals surface area contributed by atoms with E-state index in [1.807, 2.05) is 24.0 Å². The maximum atomic E-state index is 14.2. The lowest BCUT2D eigenvalue weighted by molar-refractivity contribution is -0.323. The highest BCUT2D eigenvalue weighted by Crippen LogP contribution is 2.50. The Hall–Kier alpha value is -0.950. The van der Waals surface area contributed by atoms with Gasteiger partial charge in [0.2, 0.25) is 11.7 Å². The molecule has 1 saturated heterocycles. The van der Waals surface area contributed by atoms with Crippen LogP contribution in [0.25, 0.3) is 0 Å². The van der Waals surface area contributed by atoms with Crippen LogP contribution in [-0.4, -0.2) is 67.5 Å². The number of hydrazine groups is 1. The predicted octanol–water partition coefficient (Wildman–Crippen LogP) is 5.39. The molecule has 34 heavy (non-hydrogen) atoms. The first-order valence-electron chi connectivity index (χ1n) is 13.8. The van der Waals surface area contributed by atoms with Gasteiger partial charge in [0, 0.05) is 32.6 Å². The molecule has 1 saturated carbocycles. The molecule has 1 amide bonds. The first-order valence-corrected chi connectivity index (χ1v) is 13.8. The molecule has 2 aliphatic rings. The highest BCUT2D eigenvalue weighted by Gasteiger charge is 2.63. The predicted molar refractivity (Wildman–Crippen MR) is 140 cm³/mol. The Morgan fingerprint density at radius 1 is 1.06 bits per heavy atom. The standard InChI is InChI=1S/C28H53N3O3/c1-9-13-15-16-23-17-19-27(29-30(7)8,24(20-23)25(32)31(11-3)12-4)28(18-14-10-2)33-21-26(5,6)22-34-28/h14,18,23-24,29H,9-13,15-17,19-22H2,1-8H3/b18-14+. The van der Waals surface area contributed by atoms with Gasteiger partial charge in [-0.1, -0.05) is 59.5 Å². The minimum absolute atomic E-state index is 0.0570. The topological polar surface area (TPSA) is 54.0 Å². The monoisotopic (exact) mass is 479 g/mol. The van der Waals surface area contributed by atoms with Crippen LogP contribution in [-0.2, 0) is 14.3 Å². The van der Waals surface area contributed by atoms with Gasteiger partial charge >= 0.3 is 0 Å². The minimum Gasteiger partial charge on any atom is -0.344 e. The van der Waals surface area contributed by atoms with E-state index in [1.54, 1.807) is 0 Å². The zero-order valence-electron chi connectivity index (χ0n) is 23.4. The number of nitrogens with zero attached hydrogens (tertiary/aromatic N) is 2. The van der Waals surface area contributed by atoms with Gasteiger partial charge in [-0.15, -0.1) is 0 Å². The van der Waals surface area contributed by atoms with Gasteiger partial charge in [-0.25, -0.2) is 10.4 Å². The number of amides is 1.